The summed E-state index contributed by atoms with van der Waals surface area (Å²) in [6.45, 7) is 0. The number of tetrazole rings is 1. The van der Waals surface area contributed by atoms with E-state index in [-0.39, 0.29) is 0 Å². The second-order valence-corrected chi connectivity index (χ2v) is 1.74. The van der Waals surface area contributed by atoms with Crippen LogP contribution in [0.15, 0.2) is 16.5 Å². The number of rotatable bonds is 1. The van der Waals surface area contributed by atoms with Gasteiger partial charge in [0.25, 0.3) is 0 Å². The van der Waals surface area contributed by atoms with E-state index in [1.54, 1.807) is 6.20 Å². The largest absolute Gasteiger partial charge is 0.289 e. The van der Waals surface area contributed by atoms with Crippen molar-refractivity contribution in [1.82, 2.24) is 31.6 Å². The van der Waals surface area contributed by atoms with Gasteiger partial charge in [-0.15, -0.1) is 10.2 Å². The van der Waals surface area contributed by atoms with Crippen molar-refractivity contribution in [1.29, 1.82) is 0 Å². The van der Waals surface area contributed by atoms with Crippen LogP contribution >= 0.6 is 0 Å². The molecule has 0 fully saturated rings. The first kappa shape index (κ1) is 5.77. The molecule has 1 aliphatic heterocycles. The van der Waals surface area contributed by atoms with Gasteiger partial charge < -0.3 is 0 Å². The zero-order chi connectivity index (χ0) is 7.52. The molecule has 0 spiro atoms. The highest BCUT2D eigenvalue weighted by molar-refractivity contribution is 5.56. The topological polar surface area (TPSA) is 103 Å². The summed E-state index contributed by atoms with van der Waals surface area (Å²) >= 11 is 0. The Bertz CT molecular complexity index is 282. The average molecular weight is 152 g/mol. The lowest BCUT2D eigenvalue weighted by atomic mass is 10.5. The molecule has 0 aliphatic carbocycles. The summed E-state index contributed by atoms with van der Waals surface area (Å²) in [7, 11) is 0. The number of hydrogen-bond acceptors (Lipinski definition) is 7. The van der Waals surface area contributed by atoms with Gasteiger partial charge in [0.05, 0.1) is 6.20 Å². The molecule has 0 unspecified atom stereocenters. The van der Waals surface area contributed by atoms with Gasteiger partial charge in [0.2, 0.25) is 5.82 Å². The Labute approximate surface area is 60.7 Å². The van der Waals surface area contributed by atoms with Gasteiger partial charge in [0, 0.05) is 0 Å². The summed E-state index contributed by atoms with van der Waals surface area (Å²) in [4.78, 5) is 0. The van der Waals surface area contributed by atoms with Gasteiger partial charge in [-0.3, -0.25) is 5.43 Å². The SMILES string of the molecule is C1=C(c2nnn[nH]2)N=NNN1. The van der Waals surface area contributed by atoms with Gasteiger partial charge in [0.1, 0.15) is 0 Å². The molecule has 0 saturated carbocycles. The summed E-state index contributed by atoms with van der Waals surface area (Å²) in [5, 5.41) is 20.2. The Kier molecular flexibility index (Phi) is 1.22. The number of nitrogens with zero attached hydrogens (tertiary/aromatic N) is 5. The first-order valence-electron chi connectivity index (χ1n) is 2.82. The van der Waals surface area contributed by atoms with E-state index >= 15 is 0 Å². The molecule has 0 saturated heterocycles. The van der Waals surface area contributed by atoms with Crippen molar-refractivity contribution >= 4 is 5.70 Å². The van der Waals surface area contributed by atoms with Crippen molar-refractivity contribution in [2.75, 3.05) is 0 Å². The Morgan fingerprint density at radius 1 is 1.36 bits per heavy atom. The first-order chi connectivity index (χ1) is 5.47. The lowest BCUT2D eigenvalue weighted by Gasteiger charge is -2.03. The quantitative estimate of drug-likeness (QED) is 0.477. The van der Waals surface area contributed by atoms with E-state index in [9.17, 15) is 0 Å². The summed E-state index contributed by atoms with van der Waals surface area (Å²) in [5.41, 5.74) is 5.61. The van der Waals surface area contributed by atoms with Gasteiger partial charge in [-0.1, -0.05) is 5.22 Å². The Hall–Kier alpha value is -1.99. The molecule has 1 aromatic rings. The minimum atomic E-state index is 0.475. The van der Waals surface area contributed by atoms with Crippen molar-refractivity contribution in [2.24, 2.45) is 10.3 Å². The van der Waals surface area contributed by atoms with E-state index in [1.165, 1.54) is 0 Å². The first-order valence-corrected chi connectivity index (χ1v) is 2.82. The maximum atomic E-state index is 3.71. The molecule has 8 nitrogen and oxygen atoms in total. The van der Waals surface area contributed by atoms with Crippen LogP contribution in [0, 0.1) is 0 Å². The van der Waals surface area contributed by atoms with E-state index in [1.807, 2.05) is 0 Å². The van der Waals surface area contributed by atoms with E-state index in [0.717, 1.165) is 0 Å². The molecule has 0 atom stereocenters. The number of aromatic amines is 1. The molecular formula is C3H4N8. The second-order valence-electron chi connectivity index (χ2n) is 1.74. The molecule has 2 rings (SSSR count). The van der Waals surface area contributed by atoms with E-state index in [2.05, 4.69) is 41.9 Å². The fraction of sp³-hybridized carbons (Fsp3) is 0. The van der Waals surface area contributed by atoms with Crippen molar-refractivity contribution in [3.05, 3.63) is 12.0 Å². The van der Waals surface area contributed by atoms with Gasteiger partial charge >= 0.3 is 0 Å². The van der Waals surface area contributed by atoms with Gasteiger partial charge in [-0.25, -0.2) is 10.6 Å². The number of hydrazine groups is 1. The standard InChI is InChI=1S/C3H4N8/c1-2(5-9-8-4-1)3-6-10-11-7-3/h1H,(H,4,9)(H,5,8)(H,6,7,10,11). The Morgan fingerprint density at radius 2 is 2.36 bits per heavy atom. The van der Waals surface area contributed by atoms with E-state index in [4.69, 9.17) is 0 Å². The maximum absolute atomic E-state index is 3.71. The van der Waals surface area contributed by atoms with Crippen LogP contribution in [0.2, 0.25) is 0 Å². The van der Waals surface area contributed by atoms with Gasteiger partial charge in [0.15, 0.2) is 5.70 Å². The third-order valence-corrected chi connectivity index (χ3v) is 1.07. The highest BCUT2D eigenvalue weighted by Gasteiger charge is 2.05. The molecule has 11 heavy (non-hydrogen) atoms. The fourth-order valence-electron chi connectivity index (χ4n) is 0.621. The minimum Gasteiger partial charge on any atom is -0.289 e. The van der Waals surface area contributed by atoms with E-state index < -0.39 is 0 Å². The number of aromatic nitrogens is 4. The molecule has 56 valence electrons. The highest BCUT2D eigenvalue weighted by Crippen LogP contribution is 2.08. The smallest absolute Gasteiger partial charge is 0.201 e. The number of nitrogens with one attached hydrogen (secondary N) is 3. The lowest BCUT2D eigenvalue weighted by molar-refractivity contribution is 0.613. The lowest BCUT2D eigenvalue weighted by Crippen LogP contribution is -2.22. The molecule has 3 N–H and O–H groups in total. The van der Waals surface area contributed by atoms with Crippen molar-refractivity contribution in [3.8, 4) is 0 Å². The highest BCUT2D eigenvalue weighted by atomic mass is 15.6. The molecule has 0 bridgehead atoms. The summed E-state index contributed by atoms with van der Waals surface area (Å²) < 4.78 is 0. The number of hydrogen-bond donors (Lipinski definition) is 3. The monoisotopic (exact) mass is 152 g/mol. The average Bonchev–Trinajstić information content (AvgIpc) is 2.58. The molecular weight excluding hydrogens is 148 g/mol. The zero-order valence-corrected chi connectivity index (χ0v) is 5.31. The van der Waals surface area contributed by atoms with Crippen molar-refractivity contribution < 1.29 is 0 Å². The predicted octanol–water partition coefficient (Wildman–Crippen LogP) is -1.03. The molecule has 0 aromatic carbocycles. The third-order valence-electron chi connectivity index (χ3n) is 1.07. The fourth-order valence-corrected chi connectivity index (χ4v) is 0.621. The normalized spacial score (nSPS) is 15.1. The maximum Gasteiger partial charge on any atom is 0.201 e. The summed E-state index contributed by atoms with van der Waals surface area (Å²) in [6, 6.07) is 0. The van der Waals surface area contributed by atoms with Crippen molar-refractivity contribution in [3.63, 3.8) is 0 Å². The minimum absolute atomic E-state index is 0.475. The van der Waals surface area contributed by atoms with Crippen LogP contribution in [0.5, 0.6) is 0 Å². The van der Waals surface area contributed by atoms with Gasteiger partial charge in [-0.05, 0) is 10.4 Å². The van der Waals surface area contributed by atoms with Crippen molar-refractivity contribution in [2.45, 2.75) is 0 Å². The third kappa shape index (κ3) is 1.000. The predicted molar refractivity (Wildman–Crippen MR) is 33.3 cm³/mol. The molecule has 1 aliphatic rings. The summed E-state index contributed by atoms with van der Waals surface area (Å²) in [5.74, 6) is 0.475. The van der Waals surface area contributed by atoms with Crippen LogP contribution in [0.25, 0.3) is 5.70 Å². The molecule has 0 radical (unpaired) electrons. The Balaban J connectivity index is 2.29. The Morgan fingerprint density at radius 3 is 3.00 bits per heavy atom. The summed E-state index contributed by atoms with van der Waals surface area (Å²) in [6.07, 6.45) is 1.59. The van der Waals surface area contributed by atoms with E-state index in [0.29, 0.717) is 11.5 Å². The molecule has 8 heteroatoms. The van der Waals surface area contributed by atoms with Crippen LogP contribution in [-0.4, -0.2) is 20.6 Å². The molecule has 0 amide bonds. The van der Waals surface area contributed by atoms with Crippen LogP contribution in [0.1, 0.15) is 5.82 Å². The van der Waals surface area contributed by atoms with Crippen LogP contribution in [-0.2, 0) is 0 Å². The molecule has 1 aromatic heterocycles. The van der Waals surface area contributed by atoms with Gasteiger partial charge in [-0.2, -0.15) is 0 Å². The van der Waals surface area contributed by atoms with Crippen LogP contribution in [0.4, 0.5) is 0 Å². The number of H-pyrrole nitrogens is 1. The zero-order valence-electron chi connectivity index (χ0n) is 5.31. The molecule has 2 heterocycles. The second kappa shape index (κ2) is 2.33. The van der Waals surface area contributed by atoms with Crippen LogP contribution < -0.4 is 11.0 Å². The van der Waals surface area contributed by atoms with Crippen LogP contribution in [0.3, 0.4) is 0 Å².